The van der Waals surface area contributed by atoms with E-state index in [-0.39, 0.29) is 0 Å². The third kappa shape index (κ3) is 2.79. The van der Waals surface area contributed by atoms with Crippen molar-refractivity contribution in [2.24, 2.45) is 0 Å². The standard InChI is InChI=1S/C15H17N5S2/c1-19-6-8-20(9-7-19)15-18-13(10-21-15)17-14-16-11-4-2-3-5-12(11)22-14/h2-5,10H,6-9H2,1H3,(H,16,17). The van der Waals surface area contributed by atoms with Gasteiger partial charge in [0.15, 0.2) is 10.3 Å². The minimum atomic E-state index is 0.887. The van der Waals surface area contributed by atoms with Gasteiger partial charge in [-0.1, -0.05) is 23.5 Å². The van der Waals surface area contributed by atoms with Crippen LogP contribution >= 0.6 is 22.7 Å². The van der Waals surface area contributed by atoms with E-state index in [9.17, 15) is 0 Å². The number of benzene rings is 1. The van der Waals surface area contributed by atoms with E-state index in [2.05, 4.69) is 38.6 Å². The molecule has 0 atom stereocenters. The molecule has 0 bridgehead atoms. The first-order valence-electron chi connectivity index (χ1n) is 7.29. The van der Waals surface area contributed by atoms with E-state index in [1.54, 1.807) is 22.7 Å². The highest BCUT2D eigenvalue weighted by Crippen LogP contribution is 2.30. The lowest BCUT2D eigenvalue weighted by Gasteiger charge is -2.32. The molecule has 114 valence electrons. The van der Waals surface area contributed by atoms with Gasteiger partial charge in [0.05, 0.1) is 10.2 Å². The Hall–Kier alpha value is -1.70. The molecule has 22 heavy (non-hydrogen) atoms. The average Bonchev–Trinajstić information content (AvgIpc) is 3.14. The van der Waals surface area contributed by atoms with Crippen molar-refractivity contribution in [1.82, 2.24) is 14.9 Å². The van der Waals surface area contributed by atoms with E-state index in [1.807, 2.05) is 18.2 Å². The summed E-state index contributed by atoms with van der Waals surface area (Å²) in [5, 5.41) is 7.39. The lowest BCUT2D eigenvalue weighted by Crippen LogP contribution is -2.44. The lowest BCUT2D eigenvalue weighted by molar-refractivity contribution is 0.313. The Morgan fingerprint density at radius 1 is 1.09 bits per heavy atom. The van der Waals surface area contributed by atoms with Crippen LogP contribution in [0.2, 0.25) is 0 Å². The van der Waals surface area contributed by atoms with Crippen LogP contribution < -0.4 is 10.2 Å². The summed E-state index contributed by atoms with van der Waals surface area (Å²) >= 11 is 3.35. The largest absolute Gasteiger partial charge is 0.345 e. The van der Waals surface area contributed by atoms with Crippen LogP contribution in [0, 0.1) is 0 Å². The Morgan fingerprint density at radius 3 is 2.73 bits per heavy atom. The fourth-order valence-corrected chi connectivity index (χ4v) is 4.18. The number of fused-ring (bicyclic) bond motifs is 1. The number of thiazole rings is 2. The average molecular weight is 331 g/mol. The highest BCUT2D eigenvalue weighted by molar-refractivity contribution is 7.22. The van der Waals surface area contributed by atoms with Gasteiger partial charge in [0.25, 0.3) is 0 Å². The van der Waals surface area contributed by atoms with Crippen molar-refractivity contribution in [2.75, 3.05) is 43.4 Å². The molecule has 0 radical (unpaired) electrons. The summed E-state index contributed by atoms with van der Waals surface area (Å²) in [7, 11) is 2.17. The molecule has 2 aromatic heterocycles. The van der Waals surface area contributed by atoms with Gasteiger partial charge in [0.1, 0.15) is 5.82 Å². The van der Waals surface area contributed by atoms with Crippen molar-refractivity contribution in [3.8, 4) is 0 Å². The summed E-state index contributed by atoms with van der Waals surface area (Å²) in [5.74, 6) is 0.887. The predicted molar refractivity (Wildman–Crippen MR) is 94.7 cm³/mol. The normalized spacial score (nSPS) is 16.3. The Bertz CT molecular complexity index is 740. The fourth-order valence-electron chi connectivity index (χ4n) is 2.50. The molecule has 1 aliphatic heterocycles. The number of para-hydroxylation sites is 1. The summed E-state index contributed by atoms with van der Waals surface area (Å²) < 4.78 is 1.19. The Labute approximate surface area is 137 Å². The SMILES string of the molecule is CN1CCN(c2nc(Nc3nc4ccccc4s3)cs2)CC1. The molecule has 3 aromatic rings. The lowest BCUT2D eigenvalue weighted by atomic mass is 10.3. The number of rotatable bonds is 3. The third-order valence-electron chi connectivity index (χ3n) is 3.79. The number of nitrogens with zero attached hydrogens (tertiary/aromatic N) is 4. The van der Waals surface area contributed by atoms with E-state index < -0.39 is 0 Å². The summed E-state index contributed by atoms with van der Waals surface area (Å²) in [6.45, 7) is 4.29. The first-order chi connectivity index (χ1) is 10.8. The molecule has 1 N–H and O–H groups in total. The van der Waals surface area contributed by atoms with Gasteiger partial charge in [0.2, 0.25) is 0 Å². The maximum atomic E-state index is 4.71. The minimum Gasteiger partial charge on any atom is -0.345 e. The van der Waals surface area contributed by atoms with Crippen molar-refractivity contribution in [2.45, 2.75) is 0 Å². The number of hydrogen-bond donors (Lipinski definition) is 1. The topological polar surface area (TPSA) is 44.3 Å². The van der Waals surface area contributed by atoms with E-state index in [4.69, 9.17) is 4.98 Å². The van der Waals surface area contributed by atoms with Gasteiger partial charge in [-0.15, -0.1) is 11.3 Å². The number of likely N-dealkylation sites (N-methyl/N-ethyl adjacent to an activating group) is 1. The predicted octanol–water partition coefficient (Wildman–Crippen LogP) is 3.25. The molecule has 1 aromatic carbocycles. The van der Waals surface area contributed by atoms with Crippen molar-refractivity contribution < 1.29 is 0 Å². The molecule has 4 rings (SSSR count). The van der Waals surface area contributed by atoms with Gasteiger partial charge in [0, 0.05) is 31.6 Å². The zero-order valence-corrected chi connectivity index (χ0v) is 14.0. The second-order valence-corrected chi connectivity index (χ2v) is 7.28. The summed E-state index contributed by atoms with van der Waals surface area (Å²) in [4.78, 5) is 14.0. The molecule has 0 spiro atoms. The van der Waals surface area contributed by atoms with Crippen molar-refractivity contribution in [3.05, 3.63) is 29.6 Å². The van der Waals surface area contributed by atoms with Gasteiger partial charge in [-0.05, 0) is 19.2 Å². The van der Waals surface area contributed by atoms with E-state index >= 15 is 0 Å². The second-order valence-electron chi connectivity index (χ2n) is 5.42. The van der Waals surface area contributed by atoms with E-state index in [1.165, 1.54) is 4.70 Å². The number of piperazine rings is 1. The minimum absolute atomic E-state index is 0.887. The van der Waals surface area contributed by atoms with Crippen LogP contribution in [0.3, 0.4) is 0 Å². The smallest absolute Gasteiger partial charge is 0.189 e. The van der Waals surface area contributed by atoms with E-state index in [0.29, 0.717) is 0 Å². The summed E-state index contributed by atoms with van der Waals surface area (Å²) in [5.41, 5.74) is 1.03. The highest BCUT2D eigenvalue weighted by Gasteiger charge is 2.17. The van der Waals surface area contributed by atoms with Crippen LogP contribution in [0.25, 0.3) is 10.2 Å². The Balaban J connectivity index is 1.49. The van der Waals surface area contributed by atoms with Crippen LogP contribution in [0.1, 0.15) is 0 Å². The molecule has 1 aliphatic rings. The van der Waals surface area contributed by atoms with Gasteiger partial charge in [-0.25, -0.2) is 9.97 Å². The number of hydrogen-bond acceptors (Lipinski definition) is 7. The first kappa shape index (κ1) is 13.9. The van der Waals surface area contributed by atoms with Gasteiger partial charge >= 0.3 is 0 Å². The number of nitrogens with one attached hydrogen (secondary N) is 1. The monoisotopic (exact) mass is 331 g/mol. The molecular weight excluding hydrogens is 314 g/mol. The maximum Gasteiger partial charge on any atom is 0.189 e. The van der Waals surface area contributed by atoms with Crippen LogP contribution in [0.15, 0.2) is 29.6 Å². The molecule has 5 nitrogen and oxygen atoms in total. The molecule has 0 amide bonds. The molecule has 0 unspecified atom stereocenters. The summed E-state index contributed by atoms with van der Waals surface area (Å²) in [6.07, 6.45) is 0. The summed E-state index contributed by atoms with van der Waals surface area (Å²) in [6, 6.07) is 8.18. The third-order valence-corrected chi connectivity index (χ3v) is 5.65. The Morgan fingerprint density at radius 2 is 1.91 bits per heavy atom. The zero-order chi connectivity index (χ0) is 14.9. The number of anilines is 3. The highest BCUT2D eigenvalue weighted by atomic mass is 32.1. The van der Waals surface area contributed by atoms with Gasteiger partial charge < -0.3 is 15.1 Å². The van der Waals surface area contributed by atoms with Crippen LogP contribution in [-0.2, 0) is 0 Å². The molecule has 1 saturated heterocycles. The van der Waals surface area contributed by atoms with Crippen LogP contribution in [-0.4, -0.2) is 48.1 Å². The number of aromatic nitrogens is 2. The molecule has 1 fully saturated rings. The molecule has 0 saturated carbocycles. The van der Waals surface area contributed by atoms with E-state index in [0.717, 1.165) is 47.8 Å². The molecule has 0 aliphatic carbocycles. The maximum absolute atomic E-state index is 4.71. The molecule has 7 heteroatoms. The fraction of sp³-hybridized carbons (Fsp3) is 0.333. The van der Waals surface area contributed by atoms with Gasteiger partial charge in [-0.3, -0.25) is 0 Å². The van der Waals surface area contributed by atoms with Crippen LogP contribution in [0.5, 0.6) is 0 Å². The molecular formula is C15H17N5S2. The zero-order valence-electron chi connectivity index (χ0n) is 12.3. The second kappa shape index (κ2) is 5.83. The van der Waals surface area contributed by atoms with Gasteiger partial charge in [-0.2, -0.15) is 0 Å². The quantitative estimate of drug-likeness (QED) is 0.798. The van der Waals surface area contributed by atoms with Crippen molar-refractivity contribution in [3.63, 3.8) is 0 Å². The van der Waals surface area contributed by atoms with Crippen molar-refractivity contribution >= 4 is 49.0 Å². The first-order valence-corrected chi connectivity index (χ1v) is 8.99. The molecule has 3 heterocycles. The van der Waals surface area contributed by atoms with Crippen LogP contribution in [0.4, 0.5) is 16.1 Å². The Kier molecular flexibility index (Phi) is 3.69. The van der Waals surface area contributed by atoms with Crippen molar-refractivity contribution in [1.29, 1.82) is 0 Å².